The molecule has 1 N–H and O–H groups in total. The molecule has 3 aromatic carbocycles. The Morgan fingerprint density at radius 1 is 0.923 bits per heavy atom. The lowest BCUT2D eigenvalue weighted by Crippen LogP contribution is -2.24. The third-order valence-electron chi connectivity index (χ3n) is 4.24. The maximum absolute atomic E-state index is 12.2. The van der Waals surface area contributed by atoms with Crippen molar-refractivity contribution in [1.29, 1.82) is 0 Å². The van der Waals surface area contributed by atoms with Gasteiger partial charge >= 0.3 is 0 Å². The number of hydrogen-bond donors (Lipinski definition) is 1. The van der Waals surface area contributed by atoms with Gasteiger partial charge in [-0.2, -0.15) is 0 Å². The zero-order valence-electron chi connectivity index (χ0n) is 14.2. The molecule has 0 aliphatic carbocycles. The Morgan fingerprint density at radius 2 is 1.69 bits per heavy atom. The predicted molar refractivity (Wildman–Crippen MR) is 107 cm³/mol. The average molecular weight is 358 g/mol. The van der Waals surface area contributed by atoms with Crippen molar-refractivity contribution < 1.29 is 4.79 Å². The fourth-order valence-electron chi connectivity index (χ4n) is 2.87. The van der Waals surface area contributed by atoms with Crippen LogP contribution < -0.4 is 5.32 Å². The molecule has 0 radical (unpaired) electrons. The highest BCUT2D eigenvalue weighted by molar-refractivity contribution is 7.10. The van der Waals surface area contributed by atoms with Crippen LogP contribution in [0.5, 0.6) is 0 Å². The van der Waals surface area contributed by atoms with E-state index in [0.717, 1.165) is 21.8 Å². The van der Waals surface area contributed by atoms with Crippen molar-refractivity contribution in [3.8, 4) is 11.3 Å². The highest BCUT2D eigenvalue weighted by Gasteiger charge is 2.09. The van der Waals surface area contributed by atoms with Crippen LogP contribution >= 0.6 is 11.3 Å². The van der Waals surface area contributed by atoms with Crippen LogP contribution in [0.2, 0.25) is 0 Å². The number of thiazole rings is 1. The molecule has 128 valence electrons. The molecule has 0 aliphatic rings. The molecule has 0 bridgehead atoms. The van der Waals surface area contributed by atoms with Crippen molar-refractivity contribution in [3.63, 3.8) is 0 Å². The van der Waals surface area contributed by atoms with Gasteiger partial charge in [0.05, 0.1) is 12.1 Å². The number of aromatic nitrogens is 1. The number of benzene rings is 3. The lowest BCUT2D eigenvalue weighted by Gasteiger charge is -2.04. The maximum atomic E-state index is 12.2. The van der Waals surface area contributed by atoms with Gasteiger partial charge < -0.3 is 5.32 Å². The van der Waals surface area contributed by atoms with Gasteiger partial charge in [-0.3, -0.25) is 4.79 Å². The number of carbonyl (C=O) groups is 1. The Labute approximate surface area is 156 Å². The minimum atomic E-state index is -0.00624. The van der Waals surface area contributed by atoms with Crippen LogP contribution in [-0.4, -0.2) is 10.9 Å². The van der Waals surface area contributed by atoms with Crippen LogP contribution in [-0.2, 0) is 17.8 Å². The van der Waals surface area contributed by atoms with Gasteiger partial charge in [-0.25, -0.2) is 4.98 Å². The van der Waals surface area contributed by atoms with Crippen molar-refractivity contribution in [2.24, 2.45) is 0 Å². The van der Waals surface area contributed by atoms with Crippen molar-refractivity contribution in [1.82, 2.24) is 10.3 Å². The van der Waals surface area contributed by atoms with Gasteiger partial charge in [0.25, 0.3) is 0 Å². The number of fused-ring (bicyclic) bond motifs is 1. The number of carbonyl (C=O) groups excluding carboxylic acids is 1. The van der Waals surface area contributed by atoms with Gasteiger partial charge in [-0.1, -0.05) is 66.7 Å². The van der Waals surface area contributed by atoms with Crippen molar-refractivity contribution in [3.05, 3.63) is 88.7 Å². The predicted octanol–water partition coefficient (Wildman–Crippen LogP) is 4.82. The summed E-state index contributed by atoms with van der Waals surface area (Å²) in [7, 11) is 0. The highest BCUT2D eigenvalue weighted by Crippen LogP contribution is 2.26. The summed E-state index contributed by atoms with van der Waals surface area (Å²) in [4.78, 5) is 16.8. The normalized spacial score (nSPS) is 10.8. The van der Waals surface area contributed by atoms with E-state index in [1.54, 1.807) is 0 Å². The standard InChI is InChI=1S/C22H18N2OS/c25-21(23-14-16-6-2-1-3-7-16)13-22-24-20(15-26-22)19-11-10-17-8-4-5-9-18(17)12-19/h1-12,15H,13-14H2,(H,23,25). The van der Waals surface area contributed by atoms with E-state index < -0.39 is 0 Å². The van der Waals surface area contributed by atoms with Crippen LogP contribution in [0.3, 0.4) is 0 Å². The van der Waals surface area contributed by atoms with Gasteiger partial charge in [-0.05, 0) is 22.4 Å². The Hall–Kier alpha value is -2.98. The Balaban J connectivity index is 1.43. The first-order valence-electron chi connectivity index (χ1n) is 8.52. The second-order valence-corrected chi connectivity index (χ2v) is 7.07. The first-order valence-corrected chi connectivity index (χ1v) is 9.40. The second-order valence-electron chi connectivity index (χ2n) is 6.13. The van der Waals surface area contributed by atoms with E-state index in [0.29, 0.717) is 13.0 Å². The number of rotatable bonds is 5. The van der Waals surface area contributed by atoms with E-state index in [9.17, 15) is 4.79 Å². The number of hydrogen-bond acceptors (Lipinski definition) is 3. The van der Waals surface area contributed by atoms with E-state index in [-0.39, 0.29) is 5.91 Å². The molecule has 4 heteroatoms. The van der Waals surface area contributed by atoms with Crippen molar-refractivity contribution in [2.75, 3.05) is 0 Å². The molecular weight excluding hydrogens is 340 g/mol. The Kier molecular flexibility index (Phi) is 4.75. The third-order valence-corrected chi connectivity index (χ3v) is 5.09. The van der Waals surface area contributed by atoms with E-state index in [4.69, 9.17) is 0 Å². The van der Waals surface area contributed by atoms with E-state index in [2.05, 4.69) is 40.6 Å². The summed E-state index contributed by atoms with van der Waals surface area (Å²) in [5, 5.41) is 8.21. The number of amides is 1. The first kappa shape index (κ1) is 16.5. The zero-order chi connectivity index (χ0) is 17.8. The summed E-state index contributed by atoms with van der Waals surface area (Å²) < 4.78 is 0. The molecular formula is C22H18N2OS. The van der Waals surface area contributed by atoms with E-state index >= 15 is 0 Å². The third kappa shape index (κ3) is 3.81. The minimum Gasteiger partial charge on any atom is -0.352 e. The first-order chi connectivity index (χ1) is 12.8. The van der Waals surface area contributed by atoms with Crippen LogP contribution in [0, 0.1) is 0 Å². The molecule has 0 unspecified atom stereocenters. The van der Waals surface area contributed by atoms with Crippen LogP contribution in [0.25, 0.3) is 22.0 Å². The SMILES string of the molecule is O=C(Cc1nc(-c2ccc3ccccc3c2)cs1)NCc1ccccc1. The smallest absolute Gasteiger partial charge is 0.227 e. The molecule has 4 aromatic rings. The summed E-state index contributed by atoms with van der Waals surface area (Å²) in [6.45, 7) is 0.544. The summed E-state index contributed by atoms with van der Waals surface area (Å²) in [5.41, 5.74) is 3.10. The Bertz CT molecular complexity index is 1040. The van der Waals surface area contributed by atoms with Crippen LogP contribution in [0.4, 0.5) is 0 Å². The molecule has 0 spiro atoms. The topological polar surface area (TPSA) is 42.0 Å². The lowest BCUT2D eigenvalue weighted by atomic mass is 10.1. The van der Waals surface area contributed by atoms with Crippen LogP contribution in [0.1, 0.15) is 10.6 Å². The second kappa shape index (κ2) is 7.50. The van der Waals surface area contributed by atoms with Gasteiger partial charge in [0, 0.05) is 17.5 Å². The quantitative estimate of drug-likeness (QED) is 0.556. The van der Waals surface area contributed by atoms with Crippen molar-refractivity contribution in [2.45, 2.75) is 13.0 Å². The average Bonchev–Trinajstić information content (AvgIpc) is 3.15. The summed E-state index contributed by atoms with van der Waals surface area (Å²) in [6.07, 6.45) is 0.311. The van der Waals surface area contributed by atoms with Gasteiger partial charge in [0.15, 0.2) is 0 Å². The fourth-order valence-corrected chi connectivity index (χ4v) is 3.67. The fraction of sp³-hybridized carbons (Fsp3) is 0.0909. The number of nitrogens with zero attached hydrogens (tertiary/aromatic N) is 1. The summed E-state index contributed by atoms with van der Waals surface area (Å²) in [5.74, 6) is -0.00624. The minimum absolute atomic E-state index is 0.00624. The van der Waals surface area contributed by atoms with Gasteiger partial charge in [0.1, 0.15) is 5.01 Å². The Morgan fingerprint density at radius 3 is 2.54 bits per heavy atom. The molecule has 0 fully saturated rings. The summed E-state index contributed by atoms with van der Waals surface area (Å²) in [6, 6.07) is 24.5. The van der Waals surface area contributed by atoms with Gasteiger partial charge in [0.2, 0.25) is 5.91 Å². The molecule has 0 aliphatic heterocycles. The maximum Gasteiger partial charge on any atom is 0.227 e. The number of nitrogens with one attached hydrogen (secondary N) is 1. The van der Waals surface area contributed by atoms with Gasteiger partial charge in [-0.15, -0.1) is 11.3 Å². The molecule has 0 saturated carbocycles. The monoisotopic (exact) mass is 358 g/mol. The van der Waals surface area contributed by atoms with E-state index in [1.807, 2.05) is 47.8 Å². The lowest BCUT2D eigenvalue weighted by molar-refractivity contribution is -0.120. The van der Waals surface area contributed by atoms with Crippen LogP contribution in [0.15, 0.2) is 78.2 Å². The van der Waals surface area contributed by atoms with Crippen molar-refractivity contribution >= 4 is 28.0 Å². The highest BCUT2D eigenvalue weighted by atomic mass is 32.1. The molecule has 1 amide bonds. The molecule has 0 atom stereocenters. The molecule has 26 heavy (non-hydrogen) atoms. The molecule has 1 aromatic heterocycles. The molecule has 0 saturated heterocycles. The molecule has 1 heterocycles. The summed E-state index contributed by atoms with van der Waals surface area (Å²) >= 11 is 1.53. The molecule has 4 rings (SSSR count). The zero-order valence-corrected chi connectivity index (χ0v) is 15.0. The van der Waals surface area contributed by atoms with E-state index in [1.165, 1.54) is 22.1 Å². The largest absolute Gasteiger partial charge is 0.352 e. The molecule has 3 nitrogen and oxygen atoms in total.